The van der Waals surface area contributed by atoms with E-state index in [1.165, 1.54) is 27.4 Å². The minimum absolute atomic E-state index is 0.0393. The standard InChI is InChI=1S/C11H13NO5/c1-15-9-6(5-13)4-7(12)8(10(9)16-2)11(14)17-3/h4-5H,12H2,1-3H3. The zero-order valence-corrected chi connectivity index (χ0v) is 9.77. The van der Waals surface area contributed by atoms with Crippen LogP contribution < -0.4 is 15.2 Å². The highest BCUT2D eigenvalue weighted by molar-refractivity contribution is 6.01. The highest BCUT2D eigenvalue weighted by Gasteiger charge is 2.23. The van der Waals surface area contributed by atoms with Gasteiger partial charge < -0.3 is 19.9 Å². The number of aldehydes is 1. The van der Waals surface area contributed by atoms with E-state index in [1.807, 2.05) is 0 Å². The average Bonchev–Trinajstić information content (AvgIpc) is 2.36. The van der Waals surface area contributed by atoms with Crippen LogP contribution in [0, 0.1) is 0 Å². The van der Waals surface area contributed by atoms with Crippen LogP contribution in [0.4, 0.5) is 5.69 Å². The fraction of sp³-hybridized carbons (Fsp3) is 0.273. The van der Waals surface area contributed by atoms with Crippen molar-refractivity contribution in [2.75, 3.05) is 27.1 Å². The van der Waals surface area contributed by atoms with E-state index in [2.05, 4.69) is 4.74 Å². The summed E-state index contributed by atoms with van der Waals surface area (Å²) in [5.41, 5.74) is 6.01. The summed E-state index contributed by atoms with van der Waals surface area (Å²) in [6, 6.07) is 1.33. The monoisotopic (exact) mass is 239 g/mol. The Morgan fingerprint density at radius 3 is 2.24 bits per heavy atom. The molecule has 0 atom stereocenters. The third-order valence-electron chi connectivity index (χ3n) is 2.22. The highest BCUT2D eigenvalue weighted by atomic mass is 16.5. The number of methoxy groups -OCH3 is 3. The van der Waals surface area contributed by atoms with Crippen LogP contribution in [0.3, 0.4) is 0 Å². The fourth-order valence-electron chi connectivity index (χ4n) is 1.49. The van der Waals surface area contributed by atoms with Gasteiger partial charge in [-0.1, -0.05) is 0 Å². The molecular formula is C11H13NO5. The van der Waals surface area contributed by atoms with Gasteiger partial charge in [-0.15, -0.1) is 0 Å². The van der Waals surface area contributed by atoms with Gasteiger partial charge >= 0.3 is 5.97 Å². The van der Waals surface area contributed by atoms with E-state index in [1.54, 1.807) is 0 Å². The number of esters is 1. The molecule has 0 aliphatic carbocycles. The number of nitrogen functional groups attached to an aromatic ring is 1. The quantitative estimate of drug-likeness (QED) is 0.477. The van der Waals surface area contributed by atoms with Crippen molar-refractivity contribution in [3.8, 4) is 11.5 Å². The Bertz CT molecular complexity index is 456. The van der Waals surface area contributed by atoms with Gasteiger partial charge in [-0.25, -0.2) is 4.79 Å². The van der Waals surface area contributed by atoms with Gasteiger partial charge in [0.2, 0.25) is 0 Å². The van der Waals surface area contributed by atoms with E-state index in [0.717, 1.165) is 0 Å². The third-order valence-corrected chi connectivity index (χ3v) is 2.22. The first-order valence-electron chi connectivity index (χ1n) is 4.68. The Kier molecular flexibility index (Phi) is 3.92. The van der Waals surface area contributed by atoms with Gasteiger partial charge in [-0.3, -0.25) is 4.79 Å². The second kappa shape index (κ2) is 5.20. The van der Waals surface area contributed by atoms with Gasteiger partial charge in [-0.05, 0) is 6.07 Å². The van der Waals surface area contributed by atoms with E-state index in [-0.39, 0.29) is 28.3 Å². The molecule has 0 bridgehead atoms. The van der Waals surface area contributed by atoms with Crippen molar-refractivity contribution >= 4 is 17.9 Å². The largest absolute Gasteiger partial charge is 0.492 e. The molecule has 0 aliphatic rings. The topological polar surface area (TPSA) is 87.9 Å². The lowest BCUT2D eigenvalue weighted by molar-refractivity contribution is 0.0597. The highest BCUT2D eigenvalue weighted by Crippen LogP contribution is 2.38. The van der Waals surface area contributed by atoms with Crippen molar-refractivity contribution in [2.45, 2.75) is 0 Å². The molecule has 0 aromatic heterocycles. The van der Waals surface area contributed by atoms with Crippen molar-refractivity contribution in [1.82, 2.24) is 0 Å². The zero-order valence-electron chi connectivity index (χ0n) is 9.77. The molecule has 0 heterocycles. The van der Waals surface area contributed by atoms with E-state index in [4.69, 9.17) is 15.2 Å². The summed E-state index contributed by atoms with van der Waals surface area (Å²) in [6.45, 7) is 0. The molecule has 0 saturated carbocycles. The molecule has 2 N–H and O–H groups in total. The van der Waals surface area contributed by atoms with Gasteiger partial charge in [0.25, 0.3) is 0 Å². The van der Waals surface area contributed by atoms with Crippen LogP contribution in [-0.4, -0.2) is 33.6 Å². The molecule has 1 aromatic rings. The van der Waals surface area contributed by atoms with Gasteiger partial charge in [0, 0.05) is 0 Å². The van der Waals surface area contributed by atoms with Crippen LogP contribution in [0.1, 0.15) is 20.7 Å². The molecule has 0 radical (unpaired) electrons. The first-order chi connectivity index (χ1) is 8.10. The minimum Gasteiger partial charge on any atom is -0.492 e. The van der Waals surface area contributed by atoms with Crippen LogP contribution in [0.15, 0.2) is 6.07 Å². The number of carbonyl (C=O) groups excluding carboxylic acids is 2. The maximum absolute atomic E-state index is 11.6. The van der Waals surface area contributed by atoms with Crippen molar-refractivity contribution in [1.29, 1.82) is 0 Å². The number of rotatable bonds is 4. The van der Waals surface area contributed by atoms with E-state index in [9.17, 15) is 9.59 Å². The number of carbonyl (C=O) groups is 2. The predicted molar refractivity (Wildman–Crippen MR) is 60.7 cm³/mol. The van der Waals surface area contributed by atoms with Crippen LogP contribution in [0.2, 0.25) is 0 Å². The Morgan fingerprint density at radius 2 is 1.82 bits per heavy atom. The van der Waals surface area contributed by atoms with Gasteiger partial charge in [0.15, 0.2) is 17.8 Å². The lowest BCUT2D eigenvalue weighted by atomic mass is 10.1. The summed E-state index contributed by atoms with van der Waals surface area (Å²) < 4.78 is 14.7. The Morgan fingerprint density at radius 1 is 1.24 bits per heavy atom. The molecule has 0 fully saturated rings. The number of anilines is 1. The minimum atomic E-state index is -0.657. The molecule has 17 heavy (non-hydrogen) atoms. The van der Waals surface area contributed by atoms with Gasteiger partial charge in [0.05, 0.1) is 32.6 Å². The summed E-state index contributed by atoms with van der Waals surface area (Å²) in [7, 11) is 3.93. The summed E-state index contributed by atoms with van der Waals surface area (Å²) in [6.07, 6.45) is 0.568. The molecule has 0 amide bonds. The maximum Gasteiger partial charge on any atom is 0.343 e. The molecule has 1 aromatic carbocycles. The number of ether oxygens (including phenoxy) is 3. The normalized spacial score (nSPS) is 9.59. The van der Waals surface area contributed by atoms with Gasteiger partial charge in [-0.2, -0.15) is 0 Å². The average molecular weight is 239 g/mol. The second-order valence-corrected chi connectivity index (χ2v) is 3.11. The molecule has 0 aliphatic heterocycles. The van der Waals surface area contributed by atoms with E-state index in [0.29, 0.717) is 6.29 Å². The molecule has 0 unspecified atom stereocenters. The molecule has 6 nitrogen and oxygen atoms in total. The maximum atomic E-state index is 11.6. The van der Waals surface area contributed by atoms with E-state index < -0.39 is 5.97 Å². The van der Waals surface area contributed by atoms with Crippen molar-refractivity contribution in [3.05, 3.63) is 17.2 Å². The van der Waals surface area contributed by atoms with Crippen molar-refractivity contribution in [3.63, 3.8) is 0 Å². The molecule has 92 valence electrons. The molecule has 1 rings (SSSR count). The van der Waals surface area contributed by atoms with Crippen LogP contribution in [0.25, 0.3) is 0 Å². The first kappa shape index (κ1) is 12.8. The van der Waals surface area contributed by atoms with Crippen LogP contribution in [0.5, 0.6) is 11.5 Å². The molecular weight excluding hydrogens is 226 g/mol. The second-order valence-electron chi connectivity index (χ2n) is 3.11. The third kappa shape index (κ3) is 2.15. The first-order valence-corrected chi connectivity index (χ1v) is 4.68. The summed E-state index contributed by atoms with van der Waals surface area (Å²) in [5, 5.41) is 0. The number of hydrogen-bond acceptors (Lipinski definition) is 6. The SMILES string of the molecule is COC(=O)c1c(N)cc(C=O)c(OC)c1OC. The van der Waals surface area contributed by atoms with Crippen molar-refractivity contribution in [2.24, 2.45) is 0 Å². The number of benzene rings is 1. The lowest BCUT2D eigenvalue weighted by Gasteiger charge is -2.15. The Hall–Kier alpha value is -2.24. The Labute approximate surface area is 98.3 Å². The molecule has 0 saturated heterocycles. The van der Waals surface area contributed by atoms with Crippen molar-refractivity contribution < 1.29 is 23.8 Å². The number of nitrogens with two attached hydrogens (primary N) is 1. The summed E-state index contributed by atoms with van der Waals surface area (Å²) >= 11 is 0. The van der Waals surface area contributed by atoms with E-state index >= 15 is 0 Å². The predicted octanol–water partition coefficient (Wildman–Crippen LogP) is 0.885. The number of hydrogen-bond donors (Lipinski definition) is 1. The fourth-order valence-corrected chi connectivity index (χ4v) is 1.49. The summed E-state index contributed by atoms with van der Waals surface area (Å²) in [5.74, 6) is -0.423. The lowest BCUT2D eigenvalue weighted by Crippen LogP contribution is -2.10. The Balaban J connectivity index is 3.60. The molecule has 6 heteroatoms. The zero-order chi connectivity index (χ0) is 13.0. The molecule has 0 spiro atoms. The van der Waals surface area contributed by atoms with Gasteiger partial charge in [0.1, 0.15) is 5.56 Å². The smallest absolute Gasteiger partial charge is 0.343 e. The summed E-state index contributed by atoms with van der Waals surface area (Å²) in [4.78, 5) is 22.4. The van der Waals surface area contributed by atoms with Crippen LogP contribution in [-0.2, 0) is 4.74 Å². The van der Waals surface area contributed by atoms with Crippen LogP contribution >= 0.6 is 0 Å².